The number of rotatable bonds is 1. The molecule has 110 valence electrons. The summed E-state index contributed by atoms with van der Waals surface area (Å²) >= 11 is 1.37. The molecule has 0 saturated carbocycles. The molecule has 0 radical (unpaired) electrons. The summed E-state index contributed by atoms with van der Waals surface area (Å²) in [6, 6.07) is 11.8. The van der Waals surface area contributed by atoms with Gasteiger partial charge in [0, 0.05) is 23.8 Å². The minimum Gasteiger partial charge on any atom is -0.397 e. The standard InChI is InChI=1S/C17H15N3OS/c18-14-12-7-3-9-19-16(12)22-15(14)17(21)20-10-4-6-11-5-1-2-8-13(11)20/h1-3,5,7-9H,4,6,10,18H2. The molecule has 0 saturated heterocycles. The number of aryl methyl sites for hydroxylation is 1. The number of amides is 1. The van der Waals surface area contributed by atoms with Gasteiger partial charge in [-0.1, -0.05) is 18.2 Å². The molecule has 3 heterocycles. The lowest BCUT2D eigenvalue weighted by Gasteiger charge is -2.29. The lowest BCUT2D eigenvalue weighted by molar-refractivity contribution is 0.0990. The average Bonchev–Trinajstić information content (AvgIpc) is 2.91. The van der Waals surface area contributed by atoms with Crippen molar-refractivity contribution in [3.63, 3.8) is 0 Å². The number of carbonyl (C=O) groups is 1. The molecule has 1 amide bonds. The highest BCUT2D eigenvalue weighted by Crippen LogP contribution is 2.35. The van der Waals surface area contributed by atoms with E-state index < -0.39 is 0 Å². The Bertz CT molecular complexity index is 871. The molecule has 0 aliphatic carbocycles. The van der Waals surface area contributed by atoms with Gasteiger partial charge in [-0.05, 0) is 36.6 Å². The second-order valence-electron chi connectivity index (χ2n) is 5.39. The highest BCUT2D eigenvalue weighted by Gasteiger charge is 2.26. The molecule has 0 fully saturated rings. The molecule has 4 rings (SSSR count). The fourth-order valence-electron chi connectivity index (χ4n) is 2.98. The third-order valence-corrected chi connectivity index (χ3v) is 5.17. The fraction of sp³-hybridized carbons (Fsp3) is 0.176. The lowest BCUT2D eigenvalue weighted by atomic mass is 10.0. The number of hydrogen-bond acceptors (Lipinski definition) is 4. The second kappa shape index (κ2) is 5.10. The summed E-state index contributed by atoms with van der Waals surface area (Å²) in [5.74, 6) is -0.0207. The third kappa shape index (κ3) is 1.97. The molecule has 3 aromatic rings. The van der Waals surface area contributed by atoms with Crippen molar-refractivity contribution in [1.82, 2.24) is 4.98 Å². The zero-order valence-electron chi connectivity index (χ0n) is 12.0. The van der Waals surface area contributed by atoms with Gasteiger partial charge in [0.05, 0.1) is 5.69 Å². The minimum absolute atomic E-state index is 0.0207. The Morgan fingerprint density at radius 1 is 1.23 bits per heavy atom. The number of benzene rings is 1. The Morgan fingerprint density at radius 2 is 2.09 bits per heavy atom. The molecule has 0 bridgehead atoms. The number of fused-ring (bicyclic) bond motifs is 2. The van der Waals surface area contributed by atoms with Crippen LogP contribution in [0.1, 0.15) is 21.7 Å². The minimum atomic E-state index is -0.0207. The number of carbonyl (C=O) groups excluding carboxylic acids is 1. The summed E-state index contributed by atoms with van der Waals surface area (Å²) in [5, 5.41) is 0.862. The van der Waals surface area contributed by atoms with Crippen LogP contribution < -0.4 is 10.6 Å². The van der Waals surface area contributed by atoms with E-state index in [2.05, 4.69) is 11.1 Å². The van der Waals surface area contributed by atoms with Gasteiger partial charge in [0.2, 0.25) is 0 Å². The van der Waals surface area contributed by atoms with Gasteiger partial charge < -0.3 is 10.6 Å². The lowest BCUT2D eigenvalue weighted by Crippen LogP contribution is -2.35. The van der Waals surface area contributed by atoms with Crippen LogP contribution in [0.3, 0.4) is 0 Å². The molecule has 0 atom stereocenters. The van der Waals surface area contributed by atoms with Crippen molar-refractivity contribution < 1.29 is 4.79 Å². The summed E-state index contributed by atoms with van der Waals surface area (Å²) < 4.78 is 0. The van der Waals surface area contributed by atoms with Crippen LogP contribution in [-0.4, -0.2) is 17.4 Å². The number of pyridine rings is 1. The predicted molar refractivity (Wildman–Crippen MR) is 90.5 cm³/mol. The number of nitrogens with zero attached hydrogens (tertiary/aromatic N) is 2. The number of nitrogens with two attached hydrogens (primary N) is 1. The summed E-state index contributed by atoms with van der Waals surface area (Å²) in [7, 11) is 0. The average molecular weight is 309 g/mol. The first-order valence-corrected chi connectivity index (χ1v) is 8.10. The van der Waals surface area contributed by atoms with Crippen molar-refractivity contribution >= 4 is 38.8 Å². The molecule has 1 aliphatic heterocycles. The maximum absolute atomic E-state index is 13.0. The van der Waals surface area contributed by atoms with E-state index in [0.717, 1.165) is 35.3 Å². The van der Waals surface area contributed by atoms with Crippen LogP contribution in [0, 0.1) is 0 Å². The first-order valence-electron chi connectivity index (χ1n) is 7.28. The predicted octanol–water partition coefficient (Wildman–Crippen LogP) is 3.47. The van der Waals surface area contributed by atoms with Gasteiger partial charge in [0.25, 0.3) is 5.91 Å². The van der Waals surface area contributed by atoms with Gasteiger partial charge in [-0.15, -0.1) is 11.3 Å². The van der Waals surface area contributed by atoms with Crippen molar-refractivity contribution in [2.24, 2.45) is 0 Å². The van der Waals surface area contributed by atoms with Gasteiger partial charge >= 0.3 is 0 Å². The van der Waals surface area contributed by atoms with Gasteiger partial charge in [-0.2, -0.15) is 0 Å². The van der Waals surface area contributed by atoms with Gasteiger partial charge in [-0.25, -0.2) is 4.98 Å². The molecular formula is C17H15N3OS. The maximum atomic E-state index is 13.0. The van der Waals surface area contributed by atoms with Crippen molar-refractivity contribution in [1.29, 1.82) is 0 Å². The number of hydrogen-bond donors (Lipinski definition) is 1. The van der Waals surface area contributed by atoms with Crippen molar-refractivity contribution in [3.8, 4) is 0 Å². The topological polar surface area (TPSA) is 59.2 Å². The van der Waals surface area contributed by atoms with Crippen LogP contribution in [0.5, 0.6) is 0 Å². The quantitative estimate of drug-likeness (QED) is 0.749. The molecule has 4 nitrogen and oxygen atoms in total. The number of para-hydroxylation sites is 1. The zero-order chi connectivity index (χ0) is 15.1. The number of nitrogen functional groups attached to an aromatic ring is 1. The van der Waals surface area contributed by atoms with E-state index in [4.69, 9.17) is 5.73 Å². The Morgan fingerprint density at radius 3 is 2.95 bits per heavy atom. The summed E-state index contributed by atoms with van der Waals surface area (Å²) in [5.41, 5.74) is 8.96. The summed E-state index contributed by atoms with van der Waals surface area (Å²) in [6.45, 7) is 0.733. The molecule has 1 aliphatic rings. The molecular weight excluding hydrogens is 294 g/mol. The van der Waals surface area contributed by atoms with E-state index in [1.54, 1.807) is 6.20 Å². The Kier molecular flexibility index (Phi) is 3.08. The molecule has 22 heavy (non-hydrogen) atoms. The van der Waals surface area contributed by atoms with Crippen molar-refractivity contribution in [2.75, 3.05) is 17.2 Å². The molecule has 2 N–H and O–H groups in total. The molecule has 5 heteroatoms. The fourth-order valence-corrected chi connectivity index (χ4v) is 3.99. The van der Waals surface area contributed by atoms with Gasteiger partial charge in [-0.3, -0.25) is 4.79 Å². The van der Waals surface area contributed by atoms with Crippen LogP contribution in [0.2, 0.25) is 0 Å². The highest BCUT2D eigenvalue weighted by molar-refractivity contribution is 7.21. The Labute approximate surface area is 132 Å². The molecule has 2 aromatic heterocycles. The molecule has 0 unspecified atom stereocenters. The van der Waals surface area contributed by atoms with E-state index in [0.29, 0.717) is 10.6 Å². The van der Waals surface area contributed by atoms with Crippen LogP contribution in [0.15, 0.2) is 42.6 Å². The van der Waals surface area contributed by atoms with E-state index in [1.165, 1.54) is 16.9 Å². The second-order valence-corrected chi connectivity index (χ2v) is 6.39. The largest absolute Gasteiger partial charge is 0.397 e. The monoisotopic (exact) mass is 309 g/mol. The number of aromatic nitrogens is 1. The zero-order valence-corrected chi connectivity index (χ0v) is 12.8. The number of thiophene rings is 1. The Hall–Kier alpha value is -2.40. The highest BCUT2D eigenvalue weighted by atomic mass is 32.1. The Balaban J connectivity index is 1.80. The SMILES string of the molecule is Nc1c(C(=O)N2CCCc3ccccc32)sc2ncccc12. The van der Waals surface area contributed by atoms with Crippen LogP contribution in [-0.2, 0) is 6.42 Å². The van der Waals surface area contributed by atoms with Crippen LogP contribution in [0.25, 0.3) is 10.2 Å². The van der Waals surface area contributed by atoms with Crippen molar-refractivity contribution in [2.45, 2.75) is 12.8 Å². The number of anilines is 2. The van der Waals surface area contributed by atoms with E-state index in [-0.39, 0.29) is 5.91 Å². The van der Waals surface area contributed by atoms with Gasteiger partial charge in [0.1, 0.15) is 9.71 Å². The van der Waals surface area contributed by atoms with Crippen LogP contribution >= 0.6 is 11.3 Å². The first-order chi connectivity index (χ1) is 10.8. The maximum Gasteiger partial charge on any atom is 0.270 e. The van der Waals surface area contributed by atoms with E-state index in [1.807, 2.05) is 35.2 Å². The first kappa shape index (κ1) is 13.3. The molecule has 0 spiro atoms. The smallest absolute Gasteiger partial charge is 0.270 e. The normalized spacial score (nSPS) is 14.1. The van der Waals surface area contributed by atoms with Crippen LogP contribution in [0.4, 0.5) is 11.4 Å². The van der Waals surface area contributed by atoms with E-state index >= 15 is 0 Å². The summed E-state index contributed by atoms with van der Waals surface area (Å²) in [4.78, 5) is 20.5. The van der Waals surface area contributed by atoms with E-state index in [9.17, 15) is 4.79 Å². The van der Waals surface area contributed by atoms with Gasteiger partial charge in [0.15, 0.2) is 0 Å². The third-order valence-electron chi connectivity index (χ3n) is 4.05. The van der Waals surface area contributed by atoms with Crippen molar-refractivity contribution in [3.05, 3.63) is 53.0 Å². The molecule has 1 aromatic carbocycles. The summed E-state index contributed by atoms with van der Waals surface area (Å²) in [6.07, 6.45) is 3.72.